The Labute approximate surface area is 117 Å². The molecule has 2 rings (SSSR count). The highest BCUT2D eigenvalue weighted by atomic mass is 32.1. The number of aryl methyl sites for hydroxylation is 1. The Hall–Kier alpha value is -1.39. The number of thiophene rings is 1. The van der Waals surface area contributed by atoms with Crippen LogP contribution in [0.1, 0.15) is 35.2 Å². The van der Waals surface area contributed by atoms with Crippen molar-refractivity contribution >= 4 is 11.3 Å². The third-order valence-corrected chi connectivity index (χ3v) is 4.11. The highest BCUT2D eigenvalue weighted by Gasteiger charge is 2.08. The van der Waals surface area contributed by atoms with Gasteiger partial charge in [-0.1, -0.05) is 13.0 Å². The van der Waals surface area contributed by atoms with E-state index < -0.39 is 0 Å². The maximum Gasteiger partial charge on any atom is 0.131 e. The minimum atomic E-state index is -0.312. The molecule has 1 aromatic heterocycles. The number of nitrogens with two attached hydrogens (primary N) is 1. The fourth-order valence-electron chi connectivity index (χ4n) is 1.81. The van der Waals surface area contributed by atoms with Crippen LogP contribution in [0.3, 0.4) is 0 Å². The molecule has 2 aromatic rings. The molecule has 1 heterocycles. The number of rotatable bonds is 5. The first-order valence-electron chi connectivity index (χ1n) is 6.35. The molecule has 19 heavy (non-hydrogen) atoms. The Morgan fingerprint density at radius 2 is 2.00 bits per heavy atom. The third-order valence-electron chi connectivity index (χ3n) is 2.91. The quantitative estimate of drug-likeness (QED) is 0.896. The summed E-state index contributed by atoms with van der Waals surface area (Å²) in [6.07, 6.45) is 1.03. The summed E-state index contributed by atoms with van der Waals surface area (Å²) >= 11 is 1.73. The van der Waals surface area contributed by atoms with Gasteiger partial charge in [0, 0.05) is 27.4 Å². The largest absolute Gasteiger partial charge is 0.488 e. The van der Waals surface area contributed by atoms with Gasteiger partial charge in [0.25, 0.3) is 0 Å². The van der Waals surface area contributed by atoms with Crippen molar-refractivity contribution in [3.8, 4) is 5.75 Å². The van der Waals surface area contributed by atoms with Crippen LogP contribution in [0.25, 0.3) is 0 Å². The second-order valence-electron chi connectivity index (χ2n) is 4.48. The van der Waals surface area contributed by atoms with E-state index in [1.54, 1.807) is 30.4 Å². The average Bonchev–Trinajstić information content (AvgIpc) is 2.84. The lowest BCUT2D eigenvalue weighted by molar-refractivity contribution is 0.308. The van der Waals surface area contributed by atoms with Crippen LogP contribution >= 0.6 is 11.3 Å². The van der Waals surface area contributed by atoms with Gasteiger partial charge >= 0.3 is 0 Å². The van der Waals surface area contributed by atoms with E-state index in [9.17, 15) is 4.39 Å². The minimum Gasteiger partial charge on any atom is -0.488 e. The smallest absolute Gasteiger partial charge is 0.131 e. The second kappa shape index (κ2) is 6.17. The molecule has 1 unspecified atom stereocenters. The lowest BCUT2D eigenvalue weighted by Gasteiger charge is -2.09. The van der Waals surface area contributed by atoms with Gasteiger partial charge in [-0.2, -0.15) is 0 Å². The molecule has 102 valence electrons. The van der Waals surface area contributed by atoms with Crippen molar-refractivity contribution in [2.75, 3.05) is 0 Å². The Morgan fingerprint density at radius 1 is 1.26 bits per heavy atom. The summed E-state index contributed by atoms with van der Waals surface area (Å²) in [4.78, 5) is 2.48. The molecule has 0 saturated heterocycles. The standard InChI is InChI=1S/C15H18FNOS/c1-3-12-5-6-13(19-12)9-18-11-4-7-14(10(2)17)15(16)8-11/h4-8,10H,3,9,17H2,1-2H3. The molecule has 0 saturated carbocycles. The van der Waals surface area contributed by atoms with E-state index in [-0.39, 0.29) is 11.9 Å². The molecule has 0 aliphatic rings. The third kappa shape index (κ3) is 3.55. The molecule has 1 atom stereocenters. The van der Waals surface area contributed by atoms with Crippen molar-refractivity contribution < 1.29 is 9.13 Å². The number of hydrogen-bond donors (Lipinski definition) is 1. The van der Waals surface area contributed by atoms with E-state index in [0.29, 0.717) is 17.9 Å². The fourth-order valence-corrected chi connectivity index (χ4v) is 2.68. The molecule has 2 N–H and O–H groups in total. The molecule has 0 amide bonds. The SMILES string of the molecule is CCc1ccc(COc2ccc(C(C)N)c(F)c2)s1. The average molecular weight is 279 g/mol. The van der Waals surface area contributed by atoms with Crippen LogP contribution in [0.15, 0.2) is 30.3 Å². The normalized spacial score (nSPS) is 12.4. The zero-order chi connectivity index (χ0) is 13.8. The summed E-state index contributed by atoms with van der Waals surface area (Å²) in [5.41, 5.74) is 6.18. The Bertz CT molecular complexity index is 551. The molecule has 0 aliphatic carbocycles. The summed E-state index contributed by atoms with van der Waals surface area (Å²) in [6, 6.07) is 8.68. The van der Waals surface area contributed by atoms with E-state index in [1.165, 1.54) is 10.9 Å². The van der Waals surface area contributed by atoms with Crippen molar-refractivity contribution in [2.24, 2.45) is 5.73 Å². The number of benzene rings is 1. The minimum absolute atomic E-state index is 0.307. The highest BCUT2D eigenvalue weighted by molar-refractivity contribution is 7.11. The van der Waals surface area contributed by atoms with Gasteiger partial charge in [0.05, 0.1) is 0 Å². The molecule has 0 radical (unpaired) electrons. The van der Waals surface area contributed by atoms with Crippen LogP contribution in [0.2, 0.25) is 0 Å². The fraction of sp³-hybridized carbons (Fsp3) is 0.333. The lowest BCUT2D eigenvalue weighted by Crippen LogP contribution is -2.07. The first-order valence-corrected chi connectivity index (χ1v) is 7.17. The van der Waals surface area contributed by atoms with Gasteiger partial charge in [-0.05, 0) is 31.5 Å². The van der Waals surface area contributed by atoms with Crippen LogP contribution in [0.5, 0.6) is 5.75 Å². The van der Waals surface area contributed by atoms with Gasteiger partial charge in [-0.25, -0.2) is 4.39 Å². The zero-order valence-corrected chi connectivity index (χ0v) is 12.0. The maximum absolute atomic E-state index is 13.7. The van der Waals surface area contributed by atoms with E-state index in [1.807, 2.05) is 0 Å². The van der Waals surface area contributed by atoms with Gasteiger partial charge < -0.3 is 10.5 Å². The molecule has 2 nitrogen and oxygen atoms in total. The van der Waals surface area contributed by atoms with Crippen LogP contribution < -0.4 is 10.5 Å². The van der Waals surface area contributed by atoms with Gasteiger partial charge in [0.1, 0.15) is 18.2 Å². The first-order chi connectivity index (χ1) is 9.10. The highest BCUT2D eigenvalue weighted by Crippen LogP contribution is 2.23. The Kier molecular flexibility index (Phi) is 4.56. The van der Waals surface area contributed by atoms with Crippen molar-refractivity contribution in [1.82, 2.24) is 0 Å². The van der Waals surface area contributed by atoms with Crippen LogP contribution in [0.4, 0.5) is 4.39 Å². The summed E-state index contributed by atoms with van der Waals surface area (Å²) in [7, 11) is 0. The summed E-state index contributed by atoms with van der Waals surface area (Å²) < 4.78 is 19.3. The van der Waals surface area contributed by atoms with Crippen molar-refractivity contribution in [2.45, 2.75) is 32.9 Å². The molecule has 0 aliphatic heterocycles. The molecular weight excluding hydrogens is 261 g/mol. The van der Waals surface area contributed by atoms with Gasteiger partial charge in [0.15, 0.2) is 0 Å². The molecule has 0 bridgehead atoms. The Morgan fingerprint density at radius 3 is 2.58 bits per heavy atom. The summed E-state index contributed by atoms with van der Waals surface area (Å²) in [5, 5.41) is 0. The number of halogens is 1. The topological polar surface area (TPSA) is 35.2 Å². The van der Waals surface area contributed by atoms with E-state index >= 15 is 0 Å². The van der Waals surface area contributed by atoms with Crippen LogP contribution in [0, 0.1) is 5.82 Å². The van der Waals surface area contributed by atoms with Crippen LogP contribution in [-0.4, -0.2) is 0 Å². The number of hydrogen-bond acceptors (Lipinski definition) is 3. The van der Waals surface area contributed by atoms with Crippen molar-refractivity contribution in [3.05, 3.63) is 51.5 Å². The summed E-state index contributed by atoms with van der Waals surface area (Å²) in [6.45, 7) is 4.36. The van der Waals surface area contributed by atoms with Crippen molar-refractivity contribution in [3.63, 3.8) is 0 Å². The van der Waals surface area contributed by atoms with Gasteiger partial charge in [-0.15, -0.1) is 11.3 Å². The predicted octanol–water partition coefficient (Wildman–Crippen LogP) is 4.05. The Balaban J connectivity index is 2.01. The lowest BCUT2D eigenvalue weighted by atomic mass is 10.1. The first kappa shape index (κ1) is 14.0. The summed E-state index contributed by atoms with van der Waals surface area (Å²) in [5.74, 6) is 0.223. The molecule has 0 fully saturated rings. The zero-order valence-electron chi connectivity index (χ0n) is 11.2. The van der Waals surface area contributed by atoms with E-state index in [2.05, 4.69) is 19.1 Å². The molecule has 4 heteroatoms. The molecular formula is C15H18FNOS. The molecule has 0 spiro atoms. The predicted molar refractivity (Wildman–Crippen MR) is 77.0 cm³/mol. The maximum atomic E-state index is 13.7. The van der Waals surface area contributed by atoms with Gasteiger partial charge in [0.2, 0.25) is 0 Å². The monoisotopic (exact) mass is 279 g/mol. The van der Waals surface area contributed by atoms with Gasteiger partial charge in [-0.3, -0.25) is 0 Å². The molecule has 1 aromatic carbocycles. The van der Waals surface area contributed by atoms with Crippen LogP contribution in [-0.2, 0) is 13.0 Å². The second-order valence-corrected chi connectivity index (χ2v) is 5.74. The van der Waals surface area contributed by atoms with E-state index in [4.69, 9.17) is 10.5 Å². The number of ether oxygens (including phenoxy) is 1. The van der Waals surface area contributed by atoms with Crippen molar-refractivity contribution in [1.29, 1.82) is 0 Å². The van der Waals surface area contributed by atoms with E-state index in [0.717, 1.165) is 11.3 Å².